The summed E-state index contributed by atoms with van der Waals surface area (Å²) in [5.41, 5.74) is 28.9. The van der Waals surface area contributed by atoms with Crippen LogP contribution in [0.2, 0.25) is 0 Å². The van der Waals surface area contributed by atoms with E-state index in [9.17, 15) is 0 Å². The number of nitrogens with zero attached hydrogens (tertiary/aromatic N) is 2. The van der Waals surface area contributed by atoms with Crippen LogP contribution in [0.3, 0.4) is 0 Å². The lowest BCUT2D eigenvalue weighted by atomic mass is 9.61. The van der Waals surface area contributed by atoms with E-state index in [-0.39, 0.29) is 21.9 Å². The van der Waals surface area contributed by atoms with Gasteiger partial charge in [0, 0.05) is 33.6 Å². The third kappa shape index (κ3) is 6.29. The number of rotatable bonds is 6. The molecule has 2 heterocycles. The minimum absolute atomic E-state index is 0.0305. The third-order valence-electron chi connectivity index (χ3n) is 21.4. The van der Waals surface area contributed by atoms with Crippen LogP contribution in [-0.4, -0.2) is 11.1 Å². The first kappa shape index (κ1) is 46.9. The van der Waals surface area contributed by atoms with Gasteiger partial charge in [-0.2, -0.15) is 0 Å². The standard InChI is InChI=1S/C77H66N2/c1-73-43-15-17-45-75(73,3)78(59-19-7-5-8-20-59)71-41-37-57(49-69(71)73)53-31-27-51(28-32-53)55-35-39-63-64-40-36-56(48-68(64)77(67(63)47-55)65-25-13-11-23-61(65)62-24-12-14-26-66(62)77)52-29-33-54(34-30-52)58-38-42-72-70(50-58)74(2)44-16-18-46-76(74,4)79(72)60-21-9-6-10-22-60/h5-14,19-42,47-50H,15-18,43-46H2,1-4H3. The van der Waals surface area contributed by atoms with E-state index in [0.717, 1.165) is 0 Å². The van der Waals surface area contributed by atoms with Gasteiger partial charge in [-0.15, -0.1) is 0 Å². The number of anilines is 4. The van der Waals surface area contributed by atoms with Crippen LogP contribution in [0, 0.1) is 0 Å². The van der Waals surface area contributed by atoms with Crippen molar-refractivity contribution in [2.75, 3.05) is 9.80 Å². The zero-order valence-electron chi connectivity index (χ0n) is 46.0. The van der Waals surface area contributed by atoms with Gasteiger partial charge in [0.1, 0.15) is 0 Å². The largest absolute Gasteiger partial charge is 0.334 e. The fourth-order valence-corrected chi connectivity index (χ4v) is 17.0. The van der Waals surface area contributed by atoms with E-state index in [1.54, 1.807) is 0 Å². The molecule has 6 aliphatic rings. The van der Waals surface area contributed by atoms with Crippen LogP contribution < -0.4 is 9.80 Å². The summed E-state index contributed by atoms with van der Waals surface area (Å²) in [5.74, 6) is 0. The van der Waals surface area contributed by atoms with Crippen LogP contribution in [0.5, 0.6) is 0 Å². The molecular weight excluding hydrogens is 953 g/mol. The Balaban J connectivity index is 0.759. The number of benzene rings is 10. The van der Waals surface area contributed by atoms with Crippen LogP contribution in [0.25, 0.3) is 66.8 Å². The lowest BCUT2D eigenvalue weighted by Gasteiger charge is -2.50. The molecule has 10 aromatic carbocycles. The van der Waals surface area contributed by atoms with Gasteiger partial charge in [0.05, 0.1) is 16.5 Å². The minimum atomic E-state index is -0.465. The normalized spacial score (nSPS) is 23.3. The predicted molar refractivity (Wildman–Crippen MR) is 330 cm³/mol. The number of hydrogen-bond donors (Lipinski definition) is 0. The number of fused-ring (bicyclic) bond motifs is 16. The maximum atomic E-state index is 2.67. The highest BCUT2D eigenvalue weighted by Gasteiger charge is 2.59. The van der Waals surface area contributed by atoms with E-state index in [2.05, 4.69) is 268 Å². The van der Waals surface area contributed by atoms with Crippen molar-refractivity contribution in [3.05, 3.63) is 264 Å². The van der Waals surface area contributed by atoms with Crippen molar-refractivity contribution in [2.24, 2.45) is 0 Å². The second-order valence-electron chi connectivity index (χ2n) is 24.9. The van der Waals surface area contributed by atoms with Crippen molar-refractivity contribution in [2.45, 2.75) is 106 Å². The summed E-state index contributed by atoms with van der Waals surface area (Å²) < 4.78 is 0. The molecule has 79 heavy (non-hydrogen) atoms. The van der Waals surface area contributed by atoms with Crippen LogP contribution in [0.1, 0.15) is 112 Å². The van der Waals surface area contributed by atoms with Gasteiger partial charge in [0.2, 0.25) is 0 Å². The zero-order chi connectivity index (χ0) is 52.9. The molecule has 0 radical (unpaired) electrons. The van der Waals surface area contributed by atoms with Crippen molar-refractivity contribution in [3.63, 3.8) is 0 Å². The maximum absolute atomic E-state index is 2.67. The molecular formula is C77H66N2. The predicted octanol–water partition coefficient (Wildman–Crippen LogP) is 20.2. The Bertz CT molecular complexity index is 3830. The van der Waals surface area contributed by atoms with Gasteiger partial charge in [-0.1, -0.05) is 209 Å². The molecule has 16 rings (SSSR count). The second-order valence-corrected chi connectivity index (χ2v) is 24.9. The summed E-state index contributed by atoms with van der Waals surface area (Å²) in [6.07, 6.45) is 9.91. The van der Waals surface area contributed by atoms with Crippen molar-refractivity contribution in [1.82, 2.24) is 0 Å². The van der Waals surface area contributed by atoms with Crippen LogP contribution >= 0.6 is 0 Å². The van der Waals surface area contributed by atoms with Gasteiger partial charge >= 0.3 is 0 Å². The number of para-hydroxylation sites is 2. The van der Waals surface area contributed by atoms with Crippen molar-refractivity contribution in [1.29, 1.82) is 0 Å². The molecule has 10 aromatic rings. The lowest BCUT2D eigenvalue weighted by Crippen LogP contribution is -2.54. The highest BCUT2D eigenvalue weighted by atomic mass is 15.3. The van der Waals surface area contributed by atoms with Crippen LogP contribution in [0.15, 0.2) is 231 Å². The smallest absolute Gasteiger partial charge is 0.0725 e. The second kappa shape index (κ2) is 16.9. The monoisotopic (exact) mass is 1020 g/mol. The Morgan fingerprint density at radius 3 is 0.962 bits per heavy atom. The average Bonchev–Trinajstić information content (AvgIpc) is 4.31. The van der Waals surface area contributed by atoms with E-state index in [1.807, 2.05) is 0 Å². The maximum Gasteiger partial charge on any atom is 0.0725 e. The molecule has 1 spiro atoms. The topological polar surface area (TPSA) is 6.48 Å². The van der Waals surface area contributed by atoms with E-state index in [1.165, 1.54) is 174 Å². The highest BCUT2D eigenvalue weighted by Crippen LogP contribution is 2.65. The van der Waals surface area contributed by atoms with Gasteiger partial charge < -0.3 is 9.80 Å². The quantitative estimate of drug-likeness (QED) is 0.164. The van der Waals surface area contributed by atoms with Gasteiger partial charge in [-0.05, 0) is 200 Å². The zero-order valence-corrected chi connectivity index (χ0v) is 46.0. The van der Waals surface area contributed by atoms with Gasteiger partial charge in [-0.25, -0.2) is 0 Å². The minimum Gasteiger partial charge on any atom is -0.334 e. The van der Waals surface area contributed by atoms with E-state index < -0.39 is 5.41 Å². The summed E-state index contributed by atoms with van der Waals surface area (Å²) in [5, 5.41) is 0. The SMILES string of the molecule is CC12CCCCC1(C)N(c1ccccc1)c1ccc(-c3ccc(-c4ccc5c(c4)C4(c6ccccc6-c6ccccc64)c4cc(-c6ccc(-c7ccc8c(c7)C7(C)CCCCC7(C)N8c7ccccc7)cc6)ccc4-5)cc3)cc12. The fraction of sp³-hybridized carbons (Fsp3) is 0.221. The molecule has 0 saturated heterocycles. The Labute approximate surface area is 467 Å². The highest BCUT2D eigenvalue weighted by molar-refractivity contribution is 5.97. The molecule has 2 saturated carbocycles. The molecule has 2 fully saturated rings. The summed E-state index contributed by atoms with van der Waals surface area (Å²) in [4.78, 5) is 5.34. The van der Waals surface area contributed by atoms with Crippen molar-refractivity contribution in [3.8, 4) is 66.8 Å². The molecule has 0 bridgehead atoms. The van der Waals surface area contributed by atoms with E-state index in [0.29, 0.717) is 0 Å². The van der Waals surface area contributed by atoms with Crippen LogP contribution in [0.4, 0.5) is 22.7 Å². The molecule has 384 valence electrons. The first-order chi connectivity index (χ1) is 38.6. The average molecular weight is 1020 g/mol. The summed E-state index contributed by atoms with van der Waals surface area (Å²) in [6.45, 7) is 10.1. The van der Waals surface area contributed by atoms with Crippen molar-refractivity contribution >= 4 is 22.7 Å². The fourth-order valence-electron chi connectivity index (χ4n) is 17.0. The van der Waals surface area contributed by atoms with Crippen molar-refractivity contribution < 1.29 is 0 Å². The first-order valence-electron chi connectivity index (χ1n) is 29.3. The molecule has 4 unspecified atom stereocenters. The summed E-state index contributed by atoms with van der Waals surface area (Å²) >= 11 is 0. The molecule has 0 N–H and O–H groups in total. The molecule has 2 aliphatic heterocycles. The molecule has 2 nitrogen and oxygen atoms in total. The third-order valence-corrected chi connectivity index (χ3v) is 21.4. The van der Waals surface area contributed by atoms with E-state index in [4.69, 9.17) is 0 Å². The Morgan fingerprint density at radius 1 is 0.266 bits per heavy atom. The lowest BCUT2D eigenvalue weighted by molar-refractivity contribution is 0.195. The summed E-state index contributed by atoms with van der Waals surface area (Å²) in [6, 6.07) is 88.7. The van der Waals surface area contributed by atoms with Gasteiger partial charge in [0.15, 0.2) is 0 Å². The molecule has 0 amide bonds. The Morgan fingerprint density at radius 2 is 0.570 bits per heavy atom. The van der Waals surface area contributed by atoms with Gasteiger partial charge in [-0.3, -0.25) is 0 Å². The first-order valence-corrected chi connectivity index (χ1v) is 29.3. The molecule has 0 aromatic heterocycles. The molecule has 4 aliphatic carbocycles. The number of hydrogen-bond acceptors (Lipinski definition) is 2. The van der Waals surface area contributed by atoms with Crippen LogP contribution in [-0.2, 0) is 16.2 Å². The Hall–Kier alpha value is -8.20. The molecule has 4 atom stereocenters. The summed E-state index contributed by atoms with van der Waals surface area (Å²) in [7, 11) is 0. The molecule has 2 heteroatoms. The Kier molecular flexibility index (Phi) is 10.0. The van der Waals surface area contributed by atoms with E-state index >= 15 is 0 Å². The van der Waals surface area contributed by atoms with Gasteiger partial charge in [0.25, 0.3) is 0 Å².